The van der Waals surface area contributed by atoms with Crippen molar-refractivity contribution in [2.45, 2.75) is 42.7 Å². The number of sulfonamides is 1. The Bertz CT molecular complexity index is 970. The highest BCUT2D eigenvalue weighted by molar-refractivity contribution is 7.92. The quantitative estimate of drug-likeness (QED) is 0.694. The van der Waals surface area contributed by atoms with Crippen LogP contribution in [0.15, 0.2) is 53.4 Å². The minimum Gasteiger partial charge on any atom is -0.391 e. The van der Waals surface area contributed by atoms with Gasteiger partial charge in [-0.3, -0.25) is 9.10 Å². The molecule has 1 fully saturated rings. The molecule has 0 spiro atoms. The Morgan fingerprint density at radius 2 is 1.79 bits per heavy atom. The van der Waals surface area contributed by atoms with E-state index in [0.717, 1.165) is 17.1 Å². The Morgan fingerprint density at radius 3 is 2.45 bits per heavy atom. The van der Waals surface area contributed by atoms with Crippen molar-refractivity contribution in [1.82, 2.24) is 5.32 Å². The topological polar surface area (TPSA) is 86.7 Å². The molecule has 1 saturated carbocycles. The van der Waals surface area contributed by atoms with Crippen LogP contribution in [0.3, 0.4) is 0 Å². The molecule has 2 N–H and O–H groups in total. The first-order valence-corrected chi connectivity index (χ1v) is 11.5. The highest BCUT2D eigenvalue weighted by atomic mass is 35.5. The van der Waals surface area contributed by atoms with Gasteiger partial charge in [-0.2, -0.15) is 0 Å². The Balaban J connectivity index is 1.92. The standard InChI is InChI=1S/C20H22Cl2N2O4S/c21-14-10-11-18(16(22)12-14)24(29(27,28)15-6-2-1-3-7-15)13-20(26)23-17-8-4-5-9-19(17)25/h1-3,6-7,10-12,17,19,25H,4-5,8-9,13H2,(H,23,26). The van der Waals surface area contributed by atoms with E-state index in [1.165, 1.54) is 30.3 Å². The molecule has 1 aliphatic carbocycles. The maximum atomic E-state index is 13.3. The summed E-state index contributed by atoms with van der Waals surface area (Å²) in [7, 11) is -4.06. The normalized spacial score (nSPS) is 19.6. The molecule has 0 aromatic heterocycles. The van der Waals surface area contributed by atoms with Crippen LogP contribution in [0.4, 0.5) is 5.69 Å². The first-order valence-electron chi connectivity index (χ1n) is 9.29. The Kier molecular flexibility index (Phi) is 7.05. The third kappa shape index (κ3) is 5.22. The molecule has 2 aromatic carbocycles. The first kappa shape index (κ1) is 21.9. The lowest BCUT2D eigenvalue weighted by Crippen LogP contribution is -2.49. The number of amides is 1. The van der Waals surface area contributed by atoms with Crippen LogP contribution < -0.4 is 9.62 Å². The van der Waals surface area contributed by atoms with Crippen LogP contribution >= 0.6 is 23.2 Å². The van der Waals surface area contributed by atoms with Gasteiger partial charge in [0.1, 0.15) is 6.54 Å². The molecule has 0 radical (unpaired) electrons. The Hall–Kier alpha value is -1.80. The van der Waals surface area contributed by atoms with E-state index in [9.17, 15) is 18.3 Å². The highest BCUT2D eigenvalue weighted by Crippen LogP contribution is 2.32. The second-order valence-corrected chi connectivity index (χ2v) is 9.65. The summed E-state index contributed by atoms with van der Waals surface area (Å²) in [6.45, 7) is -0.470. The molecule has 1 amide bonds. The van der Waals surface area contributed by atoms with Gasteiger partial charge >= 0.3 is 0 Å². The molecule has 2 aromatic rings. The van der Waals surface area contributed by atoms with E-state index in [1.54, 1.807) is 18.2 Å². The van der Waals surface area contributed by atoms with E-state index in [2.05, 4.69) is 5.32 Å². The molecule has 156 valence electrons. The number of carbonyl (C=O) groups is 1. The molecule has 6 nitrogen and oxygen atoms in total. The van der Waals surface area contributed by atoms with E-state index in [0.29, 0.717) is 17.9 Å². The van der Waals surface area contributed by atoms with Gasteiger partial charge in [0.25, 0.3) is 10.0 Å². The smallest absolute Gasteiger partial charge is 0.264 e. The molecule has 2 unspecified atom stereocenters. The van der Waals surface area contributed by atoms with Crippen molar-refractivity contribution in [3.63, 3.8) is 0 Å². The second kappa shape index (κ2) is 9.34. The third-order valence-corrected chi connectivity index (χ3v) is 7.18. The monoisotopic (exact) mass is 456 g/mol. The van der Waals surface area contributed by atoms with Crippen LogP contribution in [0.5, 0.6) is 0 Å². The van der Waals surface area contributed by atoms with Crippen molar-refractivity contribution >= 4 is 44.8 Å². The molecule has 9 heteroatoms. The lowest BCUT2D eigenvalue weighted by Gasteiger charge is -2.30. The van der Waals surface area contributed by atoms with E-state index in [-0.39, 0.29) is 15.6 Å². The molecule has 29 heavy (non-hydrogen) atoms. The van der Waals surface area contributed by atoms with Crippen LogP contribution in [-0.2, 0) is 14.8 Å². The molecule has 2 atom stereocenters. The van der Waals surface area contributed by atoms with Gasteiger partial charge in [0.2, 0.25) is 5.91 Å². The maximum absolute atomic E-state index is 13.3. The second-order valence-electron chi connectivity index (χ2n) is 6.95. The molecular formula is C20H22Cl2N2O4S. The van der Waals surface area contributed by atoms with Crippen LogP contribution in [0.25, 0.3) is 0 Å². The summed E-state index contributed by atoms with van der Waals surface area (Å²) in [6, 6.07) is 11.8. The molecule has 3 rings (SSSR count). The average Bonchev–Trinajstić information content (AvgIpc) is 2.69. The summed E-state index contributed by atoms with van der Waals surface area (Å²) in [5, 5.41) is 13.3. The van der Waals surface area contributed by atoms with Gasteiger partial charge in [-0.15, -0.1) is 0 Å². The fourth-order valence-electron chi connectivity index (χ4n) is 3.37. The predicted octanol–water partition coefficient (Wildman–Crippen LogP) is 3.61. The van der Waals surface area contributed by atoms with E-state index >= 15 is 0 Å². The molecule has 0 aliphatic heterocycles. The summed E-state index contributed by atoms with van der Waals surface area (Å²) in [5.41, 5.74) is 0.152. The van der Waals surface area contributed by atoms with Gasteiger partial charge in [0, 0.05) is 5.02 Å². The minimum atomic E-state index is -4.06. The van der Waals surface area contributed by atoms with Crippen molar-refractivity contribution in [1.29, 1.82) is 0 Å². The summed E-state index contributed by atoms with van der Waals surface area (Å²) < 4.78 is 27.5. The number of hydrogen-bond acceptors (Lipinski definition) is 4. The van der Waals surface area contributed by atoms with Crippen molar-refractivity contribution < 1.29 is 18.3 Å². The van der Waals surface area contributed by atoms with Gasteiger partial charge in [-0.25, -0.2) is 8.42 Å². The number of benzene rings is 2. The zero-order valence-corrected chi connectivity index (χ0v) is 17.9. The molecule has 0 heterocycles. The SMILES string of the molecule is O=C(CN(c1ccc(Cl)cc1Cl)S(=O)(=O)c1ccccc1)NC1CCCCC1O. The number of nitrogens with zero attached hydrogens (tertiary/aromatic N) is 1. The van der Waals surface area contributed by atoms with Crippen LogP contribution in [0.2, 0.25) is 10.0 Å². The predicted molar refractivity (Wildman–Crippen MR) is 114 cm³/mol. The Labute approximate surface area is 180 Å². The fraction of sp³-hybridized carbons (Fsp3) is 0.350. The zero-order valence-electron chi connectivity index (χ0n) is 15.6. The number of nitrogens with one attached hydrogen (secondary N) is 1. The fourth-order valence-corrected chi connectivity index (χ4v) is 5.39. The van der Waals surface area contributed by atoms with Gasteiger partial charge in [0.05, 0.1) is 27.8 Å². The Morgan fingerprint density at radius 1 is 1.10 bits per heavy atom. The number of aliphatic hydroxyl groups is 1. The van der Waals surface area contributed by atoms with E-state index in [4.69, 9.17) is 23.2 Å². The average molecular weight is 457 g/mol. The molecule has 1 aliphatic rings. The summed E-state index contributed by atoms with van der Waals surface area (Å²) in [6.07, 6.45) is 2.44. The maximum Gasteiger partial charge on any atom is 0.264 e. The number of rotatable bonds is 6. The van der Waals surface area contributed by atoms with Crippen LogP contribution in [0, 0.1) is 0 Å². The van der Waals surface area contributed by atoms with Crippen molar-refractivity contribution in [2.24, 2.45) is 0 Å². The van der Waals surface area contributed by atoms with Crippen LogP contribution in [-0.4, -0.2) is 38.1 Å². The number of halogens is 2. The minimum absolute atomic E-state index is 0.0384. The highest BCUT2D eigenvalue weighted by Gasteiger charge is 2.31. The molecular weight excluding hydrogens is 435 g/mol. The first-order chi connectivity index (χ1) is 13.8. The van der Waals surface area contributed by atoms with Crippen LogP contribution in [0.1, 0.15) is 25.7 Å². The third-order valence-electron chi connectivity index (χ3n) is 4.87. The zero-order chi connectivity index (χ0) is 21.0. The van der Waals surface area contributed by atoms with Gasteiger partial charge in [0.15, 0.2) is 0 Å². The van der Waals surface area contributed by atoms with Gasteiger partial charge in [-0.05, 0) is 43.2 Å². The summed E-state index contributed by atoms with van der Waals surface area (Å²) in [4.78, 5) is 12.7. The number of anilines is 1. The summed E-state index contributed by atoms with van der Waals surface area (Å²) >= 11 is 12.2. The van der Waals surface area contributed by atoms with Gasteiger partial charge < -0.3 is 10.4 Å². The van der Waals surface area contributed by atoms with E-state index in [1.807, 2.05) is 0 Å². The lowest BCUT2D eigenvalue weighted by atomic mass is 9.92. The summed E-state index contributed by atoms with van der Waals surface area (Å²) in [5.74, 6) is -0.513. The van der Waals surface area contributed by atoms with Crippen molar-refractivity contribution in [2.75, 3.05) is 10.8 Å². The lowest BCUT2D eigenvalue weighted by molar-refractivity contribution is -0.121. The number of carbonyl (C=O) groups excluding carboxylic acids is 1. The largest absolute Gasteiger partial charge is 0.391 e. The van der Waals surface area contributed by atoms with Crippen molar-refractivity contribution in [3.8, 4) is 0 Å². The van der Waals surface area contributed by atoms with E-state index < -0.39 is 34.6 Å². The van der Waals surface area contributed by atoms with Crippen molar-refractivity contribution in [3.05, 3.63) is 58.6 Å². The van der Waals surface area contributed by atoms with Gasteiger partial charge in [-0.1, -0.05) is 54.2 Å². The number of aliphatic hydroxyl groups excluding tert-OH is 1. The molecule has 0 saturated heterocycles. The number of hydrogen-bond donors (Lipinski definition) is 2. The molecule has 0 bridgehead atoms.